The molecule has 1 unspecified atom stereocenters. The molecule has 0 aliphatic heterocycles. The Bertz CT molecular complexity index is 485. The standard InChI is InChI=1S/C17H22N2/c1-3-4-12-17(2)13-10-16(11-14-17)19-18-15-8-6-5-7-9-15/h5-11,13H,3-4,12,14H2,1-2H3. The summed E-state index contributed by atoms with van der Waals surface area (Å²) in [4.78, 5) is 0. The van der Waals surface area contributed by atoms with Crippen LogP contribution < -0.4 is 0 Å². The van der Waals surface area contributed by atoms with Gasteiger partial charge in [-0.15, -0.1) is 0 Å². The van der Waals surface area contributed by atoms with Gasteiger partial charge in [0, 0.05) is 0 Å². The molecule has 2 heteroatoms. The Labute approximate surface area is 116 Å². The van der Waals surface area contributed by atoms with Crippen LogP contribution in [0.3, 0.4) is 0 Å². The van der Waals surface area contributed by atoms with Crippen LogP contribution in [0.25, 0.3) is 0 Å². The maximum atomic E-state index is 4.30. The normalized spacial score (nSPS) is 22.7. The first kappa shape index (κ1) is 13.7. The lowest BCUT2D eigenvalue weighted by molar-refractivity contribution is 0.377. The van der Waals surface area contributed by atoms with Gasteiger partial charge in [-0.2, -0.15) is 10.2 Å². The minimum atomic E-state index is 0.307. The number of hydrogen-bond acceptors (Lipinski definition) is 2. The highest BCUT2D eigenvalue weighted by molar-refractivity contribution is 5.35. The van der Waals surface area contributed by atoms with E-state index in [1.807, 2.05) is 30.3 Å². The number of hydrogen-bond donors (Lipinski definition) is 0. The minimum Gasteiger partial charge on any atom is -0.151 e. The smallest absolute Gasteiger partial charge is 0.0857 e. The maximum Gasteiger partial charge on any atom is 0.0857 e. The molecule has 0 fully saturated rings. The van der Waals surface area contributed by atoms with Gasteiger partial charge < -0.3 is 0 Å². The molecule has 2 rings (SSSR count). The molecule has 100 valence electrons. The molecule has 1 aromatic carbocycles. The Balaban J connectivity index is 1.95. The highest BCUT2D eigenvalue weighted by Gasteiger charge is 2.21. The van der Waals surface area contributed by atoms with E-state index >= 15 is 0 Å². The van der Waals surface area contributed by atoms with Crippen LogP contribution >= 0.6 is 0 Å². The molecule has 1 atom stereocenters. The summed E-state index contributed by atoms with van der Waals surface area (Å²) >= 11 is 0. The molecule has 0 spiro atoms. The van der Waals surface area contributed by atoms with Gasteiger partial charge in [0.2, 0.25) is 0 Å². The van der Waals surface area contributed by atoms with Gasteiger partial charge in [-0.3, -0.25) is 0 Å². The van der Waals surface area contributed by atoms with E-state index in [9.17, 15) is 0 Å². The van der Waals surface area contributed by atoms with Crippen molar-refractivity contribution in [1.82, 2.24) is 0 Å². The number of azo groups is 1. The van der Waals surface area contributed by atoms with Crippen LogP contribution in [0, 0.1) is 5.41 Å². The van der Waals surface area contributed by atoms with Gasteiger partial charge >= 0.3 is 0 Å². The van der Waals surface area contributed by atoms with E-state index in [1.165, 1.54) is 19.3 Å². The average Bonchev–Trinajstić information content (AvgIpc) is 2.46. The Morgan fingerprint density at radius 3 is 2.58 bits per heavy atom. The van der Waals surface area contributed by atoms with Crippen molar-refractivity contribution in [2.45, 2.75) is 39.5 Å². The van der Waals surface area contributed by atoms with E-state index in [0.717, 1.165) is 17.8 Å². The van der Waals surface area contributed by atoms with Crippen molar-refractivity contribution >= 4 is 5.69 Å². The molecule has 0 heterocycles. The highest BCUT2D eigenvalue weighted by atomic mass is 15.1. The van der Waals surface area contributed by atoms with Crippen LogP contribution in [0.4, 0.5) is 5.69 Å². The molecule has 0 amide bonds. The van der Waals surface area contributed by atoms with E-state index in [-0.39, 0.29) is 0 Å². The quantitative estimate of drug-likeness (QED) is 0.592. The van der Waals surface area contributed by atoms with Gasteiger partial charge in [0.25, 0.3) is 0 Å². The van der Waals surface area contributed by atoms with Gasteiger partial charge in [0.15, 0.2) is 0 Å². The van der Waals surface area contributed by atoms with Crippen molar-refractivity contribution < 1.29 is 0 Å². The van der Waals surface area contributed by atoms with Crippen LogP contribution in [-0.2, 0) is 0 Å². The van der Waals surface area contributed by atoms with Crippen molar-refractivity contribution in [2.24, 2.45) is 15.6 Å². The zero-order valence-corrected chi connectivity index (χ0v) is 11.8. The summed E-state index contributed by atoms with van der Waals surface area (Å²) in [5.74, 6) is 0. The lowest BCUT2D eigenvalue weighted by Gasteiger charge is -2.26. The monoisotopic (exact) mass is 254 g/mol. The number of allylic oxidation sites excluding steroid dienone is 3. The molecular weight excluding hydrogens is 232 g/mol. The summed E-state index contributed by atoms with van der Waals surface area (Å²) in [5.41, 5.74) is 2.18. The van der Waals surface area contributed by atoms with Crippen molar-refractivity contribution in [3.05, 3.63) is 54.3 Å². The summed E-state index contributed by atoms with van der Waals surface area (Å²) in [7, 11) is 0. The van der Waals surface area contributed by atoms with Crippen molar-refractivity contribution in [2.75, 3.05) is 0 Å². The average molecular weight is 254 g/mol. The Morgan fingerprint density at radius 2 is 1.95 bits per heavy atom. The first-order valence-corrected chi connectivity index (χ1v) is 7.08. The maximum absolute atomic E-state index is 4.30. The SMILES string of the molecule is CCCCC1(C)C=CC(N=Nc2ccccc2)=CC1. The first-order chi connectivity index (χ1) is 9.22. The van der Waals surface area contributed by atoms with Gasteiger partial charge in [-0.05, 0) is 36.5 Å². The largest absolute Gasteiger partial charge is 0.151 e. The molecule has 1 aromatic rings. The number of unbranched alkanes of at least 4 members (excludes halogenated alkanes) is 1. The summed E-state index contributed by atoms with van der Waals surface area (Å²) in [5, 5.41) is 8.54. The third-order valence-corrected chi connectivity index (χ3v) is 3.57. The molecular formula is C17H22N2. The first-order valence-electron chi connectivity index (χ1n) is 7.08. The second kappa shape index (κ2) is 6.46. The summed E-state index contributed by atoms with van der Waals surface area (Å²) in [6.45, 7) is 4.56. The van der Waals surface area contributed by atoms with Crippen LogP contribution in [0.1, 0.15) is 39.5 Å². The molecule has 0 bridgehead atoms. The van der Waals surface area contributed by atoms with E-state index in [4.69, 9.17) is 0 Å². The molecule has 0 saturated carbocycles. The lowest BCUT2D eigenvalue weighted by Crippen LogP contribution is -2.14. The molecule has 0 aromatic heterocycles. The van der Waals surface area contributed by atoms with Gasteiger partial charge in [0.05, 0.1) is 11.4 Å². The van der Waals surface area contributed by atoms with Crippen LogP contribution in [-0.4, -0.2) is 0 Å². The minimum absolute atomic E-state index is 0.307. The molecule has 19 heavy (non-hydrogen) atoms. The zero-order valence-electron chi connectivity index (χ0n) is 11.8. The number of nitrogens with zero attached hydrogens (tertiary/aromatic N) is 2. The van der Waals surface area contributed by atoms with E-state index < -0.39 is 0 Å². The van der Waals surface area contributed by atoms with E-state index in [0.29, 0.717) is 5.41 Å². The predicted octanol–water partition coefficient (Wildman–Crippen LogP) is 5.81. The fraction of sp³-hybridized carbons (Fsp3) is 0.412. The number of benzene rings is 1. The molecule has 0 saturated heterocycles. The topological polar surface area (TPSA) is 24.7 Å². The third-order valence-electron chi connectivity index (χ3n) is 3.57. The van der Waals surface area contributed by atoms with Crippen molar-refractivity contribution in [3.63, 3.8) is 0 Å². The molecule has 1 aliphatic carbocycles. The van der Waals surface area contributed by atoms with Gasteiger partial charge in [0.1, 0.15) is 0 Å². The number of rotatable bonds is 5. The summed E-state index contributed by atoms with van der Waals surface area (Å²) in [6.07, 6.45) is 11.4. The van der Waals surface area contributed by atoms with E-state index in [1.54, 1.807) is 0 Å². The second-order valence-electron chi connectivity index (χ2n) is 5.46. The fourth-order valence-corrected chi connectivity index (χ4v) is 2.21. The Morgan fingerprint density at radius 1 is 1.16 bits per heavy atom. The van der Waals surface area contributed by atoms with Gasteiger partial charge in [-0.25, -0.2) is 0 Å². The lowest BCUT2D eigenvalue weighted by atomic mass is 9.79. The predicted molar refractivity (Wildman–Crippen MR) is 80.4 cm³/mol. The van der Waals surface area contributed by atoms with Crippen LogP contribution in [0.15, 0.2) is 64.5 Å². The fourth-order valence-electron chi connectivity index (χ4n) is 2.21. The molecule has 2 nitrogen and oxygen atoms in total. The van der Waals surface area contributed by atoms with Crippen molar-refractivity contribution in [1.29, 1.82) is 0 Å². The van der Waals surface area contributed by atoms with Crippen LogP contribution in [0.5, 0.6) is 0 Å². The third kappa shape index (κ3) is 4.16. The van der Waals surface area contributed by atoms with Gasteiger partial charge in [-0.1, -0.05) is 57.0 Å². The highest BCUT2D eigenvalue weighted by Crippen LogP contribution is 2.34. The Hall–Kier alpha value is -1.70. The second-order valence-corrected chi connectivity index (χ2v) is 5.46. The summed E-state index contributed by atoms with van der Waals surface area (Å²) in [6, 6.07) is 9.85. The van der Waals surface area contributed by atoms with E-state index in [2.05, 4.69) is 42.3 Å². The summed E-state index contributed by atoms with van der Waals surface area (Å²) < 4.78 is 0. The molecule has 0 radical (unpaired) electrons. The zero-order chi connectivity index (χ0) is 13.6. The van der Waals surface area contributed by atoms with Crippen molar-refractivity contribution in [3.8, 4) is 0 Å². The molecule has 1 aliphatic rings. The molecule has 0 N–H and O–H groups in total. The Kier molecular flexibility index (Phi) is 4.67. The van der Waals surface area contributed by atoms with Crippen LogP contribution in [0.2, 0.25) is 0 Å².